The third-order valence-corrected chi connectivity index (χ3v) is 2.75. The Balaban J connectivity index is 2.30. The monoisotopic (exact) mass is 243 g/mol. The Hall–Kier alpha value is -1.43. The van der Waals surface area contributed by atoms with E-state index in [1.54, 1.807) is 0 Å². The van der Waals surface area contributed by atoms with Gasteiger partial charge in [0.2, 0.25) is 0 Å². The molecule has 1 aliphatic heterocycles. The van der Waals surface area contributed by atoms with E-state index in [2.05, 4.69) is 0 Å². The van der Waals surface area contributed by atoms with Crippen LogP contribution in [0.2, 0.25) is 0 Å². The Morgan fingerprint density at radius 3 is 2.47 bits per heavy atom. The Kier molecular flexibility index (Phi) is 5.09. The molecule has 0 saturated carbocycles. The van der Waals surface area contributed by atoms with Crippen LogP contribution in [-0.2, 0) is 19.1 Å². The fourth-order valence-electron chi connectivity index (χ4n) is 1.63. The van der Waals surface area contributed by atoms with Gasteiger partial charge in [-0.15, -0.1) is 0 Å². The summed E-state index contributed by atoms with van der Waals surface area (Å²) < 4.78 is 4.79. The van der Waals surface area contributed by atoms with E-state index in [0.717, 1.165) is 0 Å². The SMILES string of the molecule is CC(CCC(=O)O)CCN1C(=O)COCC1=O. The van der Waals surface area contributed by atoms with Gasteiger partial charge in [-0.3, -0.25) is 19.3 Å². The van der Waals surface area contributed by atoms with Crippen molar-refractivity contribution in [3.05, 3.63) is 0 Å². The van der Waals surface area contributed by atoms with E-state index in [-0.39, 0.29) is 37.4 Å². The number of hydrogen-bond donors (Lipinski definition) is 1. The van der Waals surface area contributed by atoms with E-state index in [1.165, 1.54) is 4.90 Å². The number of carboxylic acids is 1. The summed E-state index contributed by atoms with van der Waals surface area (Å²) in [5, 5.41) is 8.53. The number of ether oxygens (including phenoxy) is 1. The summed E-state index contributed by atoms with van der Waals surface area (Å²) in [5.41, 5.74) is 0. The van der Waals surface area contributed by atoms with Gasteiger partial charge in [-0.25, -0.2) is 0 Å². The first-order valence-corrected chi connectivity index (χ1v) is 5.63. The molecule has 1 saturated heterocycles. The largest absolute Gasteiger partial charge is 0.481 e. The van der Waals surface area contributed by atoms with Crippen LogP contribution in [0.3, 0.4) is 0 Å². The minimum Gasteiger partial charge on any atom is -0.481 e. The van der Waals surface area contributed by atoms with Crippen LogP contribution >= 0.6 is 0 Å². The Bertz CT molecular complexity index is 299. The molecule has 1 heterocycles. The summed E-state index contributed by atoms with van der Waals surface area (Å²) in [6.07, 6.45) is 1.30. The average molecular weight is 243 g/mol. The predicted octanol–water partition coefficient (Wildman–Crippen LogP) is 0.263. The second-order valence-corrected chi connectivity index (χ2v) is 4.26. The lowest BCUT2D eigenvalue weighted by Gasteiger charge is -2.25. The van der Waals surface area contributed by atoms with Crippen LogP contribution in [0.5, 0.6) is 0 Å². The van der Waals surface area contributed by atoms with Crippen molar-refractivity contribution in [2.45, 2.75) is 26.2 Å². The molecular weight excluding hydrogens is 226 g/mol. The van der Waals surface area contributed by atoms with Crippen molar-refractivity contribution in [2.75, 3.05) is 19.8 Å². The second-order valence-electron chi connectivity index (χ2n) is 4.26. The van der Waals surface area contributed by atoms with E-state index in [1.807, 2.05) is 6.92 Å². The first kappa shape index (κ1) is 13.6. The van der Waals surface area contributed by atoms with Gasteiger partial charge in [-0.05, 0) is 18.8 Å². The molecule has 6 nitrogen and oxygen atoms in total. The van der Waals surface area contributed by atoms with Gasteiger partial charge >= 0.3 is 5.97 Å². The van der Waals surface area contributed by atoms with Gasteiger partial charge in [0.25, 0.3) is 11.8 Å². The number of rotatable bonds is 6. The van der Waals surface area contributed by atoms with Crippen molar-refractivity contribution in [2.24, 2.45) is 5.92 Å². The molecule has 0 aliphatic carbocycles. The molecule has 0 aromatic rings. The van der Waals surface area contributed by atoms with Gasteiger partial charge in [-0.2, -0.15) is 0 Å². The second kappa shape index (κ2) is 6.34. The van der Waals surface area contributed by atoms with E-state index in [0.29, 0.717) is 19.4 Å². The van der Waals surface area contributed by atoms with Crippen molar-refractivity contribution in [1.82, 2.24) is 4.90 Å². The van der Waals surface area contributed by atoms with Crippen LogP contribution < -0.4 is 0 Å². The summed E-state index contributed by atoms with van der Waals surface area (Å²) in [5.74, 6) is -1.27. The van der Waals surface area contributed by atoms with E-state index in [4.69, 9.17) is 9.84 Å². The lowest BCUT2D eigenvalue weighted by atomic mass is 10.0. The van der Waals surface area contributed by atoms with Gasteiger partial charge in [0.05, 0.1) is 0 Å². The number of nitrogens with zero attached hydrogens (tertiary/aromatic N) is 1. The Labute approximate surface area is 99.5 Å². The summed E-state index contributed by atoms with van der Waals surface area (Å²) in [4.78, 5) is 34.3. The quantitative estimate of drug-likeness (QED) is 0.676. The number of imide groups is 1. The third kappa shape index (κ3) is 4.52. The maximum atomic E-state index is 11.4. The van der Waals surface area contributed by atoms with Gasteiger partial charge in [0, 0.05) is 13.0 Å². The molecule has 1 rings (SSSR count). The smallest absolute Gasteiger partial charge is 0.303 e. The zero-order chi connectivity index (χ0) is 12.8. The fourth-order valence-corrected chi connectivity index (χ4v) is 1.63. The van der Waals surface area contributed by atoms with Crippen molar-refractivity contribution in [3.63, 3.8) is 0 Å². The number of amides is 2. The van der Waals surface area contributed by atoms with E-state index < -0.39 is 5.97 Å². The summed E-state index contributed by atoms with van der Waals surface area (Å²) in [7, 11) is 0. The van der Waals surface area contributed by atoms with Gasteiger partial charge in [0.1, 0.15) is 13.2 Å². The van der Waals surface area contributed by atoms with Gasteiger partial charge in [-0.1, -0.05) is 6.92 Å². The average Bonchev–Trinajstić information content (AvgIpc) is 2.25. The molecule has 2 amide bonds. The van der Waals surface area contributed by atoms with Crippen LogP contribution in [-0.4, -0.2) is 47.5 Å². The minimum absolute atomic E-state index is 0.0464. The summed E-state index contributed by atoms with van der Waals surface area (Å²) in [6, 6.07) is 0. The highest BCUT2D eigenvalue weighted by Gasteiger charge is 2.26. The van der Waals surface area contributed by atoms with E-state index >= 15 is 0 Å². The van der Waals surface area contributed by atoms with Crippen molar-refractivity contribution >= 4 is 17.8 Å². The first-order chi connectivity index (χ1) is 8.00. The third-order valence-electron chi connectivity index (χ3n) is 2.75. The molecule has 1 aliphatic rings. The molecule has 17 heavy (non-hydrogen) atoms. The molecule has 0 aromatic heterocycles. The Morgan fingerprint density at radius 1 is 1.35 bits per heavy atom. The van der Waals surface area contributed by atoms with E-state index in [9.17, 15) is 14.4 Å². The molecule has 1 fully saturated rings. The number of carboxylic acid groups (broad SMARTS) is 1. The van der Waals surface area contributed by atoms with Gasteiger partial charge in [0.15, 0.2) is 0 Å². The molecule has 96 valence electrons. The Morgan fingerprint density at radius 2 is 1.94 bits per heavy atom. The topological polar surface area (TPSA) is 83.9 Å². The predicted molar refractivity (Wildman–Crippen MR) is 58.2 cm³/mol. The fraction of sp³-hybridized carbons (Fsp3) is 0.727. The first-order valence-electron chi connectivity index (χ1n) is 5.63. The van der Waals surface area contributed by atoms with Crippen molar-refractivity contribution < 1.29 is 24.2 Å². The van der Waals surface area contributed by atoms with Gasteiger partial charge < -0.3 is 9.84 Å². The molecule has 0 radical (unpaired) electrons. The molecule has 0 aromatic carbocycles. The molecular formula is C11H17NO5. The normalized spacial score (nSPS) is 18.3. The van der Waals surface area contributed by atoms with Crippen molar-refractivity contribution in [1.29, 1.82) is 0 Å². The zero-order valence-corrected chi connectivity index (χ0v) is 9.85. The maximum absolute atomic E-state index is 11.4. The molecule has 0 bridgehead atoms. The number of carbonyl (C=O) groups excluding carboxylic acids is 2. The minimum atomic E-state index is -0.824. The van der Waals surface area contributed by atoms with Crippen LogP contribution in [0.4, 0.5) is 0 Å². The van der Waals surface area contributed by atoms with Crippen LogP contribution in [0.25, 0.3) is 0 Å². The number of aliphatic carboxylic acids is 1. The van der Waals surface area contributed by atoms with Crippen molar-refractivity contribution in [3.8, 4) is 0 Å². The molecule has 6 heteroatoms. The highest BCUT2D eigenvalue weighted by Crippen LogP contribution is 2.12. The summed E-state index contributed by atoms with van der Waals surface area (Å²) in [6.45, 7) is 2.17. The summed E-state index contributed by atoms with van der Waals surface area (Å²) >= 11 is 0. The van der Waals surface area contributed by atoms with Crippen LogP contribution in [0, 0.1) is 5.92 Å². The van der Waals surface area contributed by atoms with Crippen LogP contribution in [0.1, 0.15) is 26.2 Å². The lowest BCUT2D eigenvalue weighted by Crippen LogP contribution is -2.46. The molecule has 1 atom stereocenters. The number of hydrogen-bond acceptors (Lipinski definition) is 4. The number of morpholine rings is 1. The highest BCUT2D eigenvalue weighted by atomic mass is 16.5. The standard InChI is InChI=1S/C11H17NO5/c1-8(2-3-11(15)16)4-5-12-9(13)6-17-7-10(12)14/h8H,2-7H2,1H3,(H,15,16). The maximum Gasteiger partial charge on any atom is 0.303 e. The highest BCUT2D eigenvalue weighted by molar-refractivity contribution is 5.98. The lowest BCUT2D eigenvalue weighted by molar-refractivity contribution is -0.158. The zero-order valence-electron chi connectivity index (χ0n) is 9.85. The number of carbonyl (C=O) groups is 3. The van der Waals surface area contributed by atoms with Crippen LogP contribution in [0.15, 0.2) is 0 Å². The molecule has 1 unspecified atom stereocenters. The molecule has 0 spiro atoms. The molecule has 1 N–H and O–H groups in total.